The quantitative estimate of drug-likeness (QED) is 0.769. The van der Waals surface area contributed by atoms with Gasteiger partial charge in [-0.15, -0.1) is 0 Å². The van der Waals surface area contributed by atoms with Gasteiger partial charge in [-0.3, -0.25) is 9.59 Å². The zero-order valence-electron chi connectivity index (χ0n) is 10.1. The molecular weight excluding hydrogens is 220 g/mol. The first-order valence-corrected chi connectivity index (χ1v) is 6.60. The molecule has 0 spiro atoms. The average molecular weight is 240 g/mol. The second-order valence-electron chi connectivity index (χ2n) is 5.24. The lowest BCUT2D eigenvalue weighted by Gasteiger charge is -2.27. The minimum absolute atomic E-state index is 0.0696. The molecule has 2 unspecified atom stereocenters. The summed E-state index contributed by atoms with van der Waals surface area (Å²) >= 11 is 0. The monoisotopic (exact) mass is 240 g/mol. The Bertz CT molecular complexity index is 294. The molecule has 0 amide bonds. The van der Waals surface area contributed by atoms with Crippen LogP contribution in [0.15, 0.2) is 0 Å². The highest BCUT2D eigenvalue weighted by atomic mass is 16.5. The van der Waals surface area contributed by atoms with Crippen LogP contribution in [0.3, 0.4) is 0 Å². The van der Waals surface area contributed by atoms with Crippen LogP contribution in [0, 0.1) is 11.8 Å². The van der Waals surface area contributed by atoms with Crippen molar-refractivity contribution in [1.29, 1.82) is 0 Å². The molecule has 2 fully saturated rings. The molecule has 2 aliphatic rings. The molecule has 0 radical (unpaired) electrons. The fraction of sp³-hybridized carbons (Fsp3) is 0.846. The molecule has 4 nitrogen and oxygen atoms in total. The standard InChI is InChI=1S/C13H20O4/c14-12(15)10-6-3-7-11(8-10)17-13(16)9-4-1-2-5-9/h9-11H,1-8H2,(H,14,15). The van der Waals surface area contributed by atoms with E-state index in [-0.39, 0.29) is 23.9 Å². The van der Waals surface area contributed by atoms with Gasteiger partial charge in [0.1, 0.15) is 6.10 Å². The molecule has 0 aromatic heterocycles. The van der Waals surface area contributed by atoms with Gasteiger partial charge >= 0.3 is 11.9 Å². The van der Waals surface area contributed by atoms with Gasteiger partial charge in [0, 0.05) is 0 Å². The fourth-order valence-corrected chi connectivity index (χ4v) is 2.90. The number of carboxylic acids is 1. The third-order valence-corrected chi connectivity index (χ3v) is 3.95. The van der Waals surface area contributed by atoms with Gasteiger partial charge in [-0.1, -0.05) is 12.8 Å². The molecule has 2 rings (SSSR count). The summed E-state index contributed by atoms with van der Waals surface area (Å²) in [7, 11) is 0. The lowest BCUT2D eigenvalue weighted by Crippen LogP contribution is -2.31. The van der Waals surface area contributed by atoms with Crippen LogP contribution < -0.4 is 0 Å². The molecule has 0 saturated heterocycles. The SMILES string of the molecule is O=C(O)C1CCCC(OC(=O)C2CCCC2)C1. The second-order valence-corrected chi connectivity index (χ2v) is 5.24. The van der Waals surface area contributed by atoms with E-state index in [0.717, 1.165) is 38.5 Å². The van der Waals surface area contributed by atoms with Gasteiger partial charge in [-0.25, -0.2) is 0 Å². The van der Waals surface area contributed by atoms with E-state index in [4.69, 9.17) is 9.84 Å². The van der Waals surface area contributed by atoms with E-state index in [1.807, 2.05) is 0 Å². The highest BCUT2D eigenvalue weighted by molar-refractivity contribution is 5.73. The predicted octanol–water partition coefficient (Wildman–Crippen LogP) is 2.36. The van der Waals surface area contributed by atoms with Crippen LogP contribution in [0.1, 0.15) is 51.4 Å². The molecule has 0 aromatic carbocycles. The van der Waals surface area contributed by atoms with Gasteiger partial charge in [0.25, 0.3) is 0 Å². The first-order chi connectivity index (χ1) is 8.16. The Hall–Kier alpha value is -1.06. The first-order valence-electron chi connectivity index (χ1n) is 6.60. The summed E-state index contributed by atoms with van der Waals surface area (Å²) in [4.78, 5) is 22.7. The summed E-state index contributed by atoms with van der Waals surface area (Å²) in [5.41, 5.74) is 0. The zero-order valence-corrected chi connectivity index (χ0v) is 10.1. The second kappa shape index (κ2) is 5.52. The largest absolute Gasteiger partial charge is 0.481 e. The van der Waals surface area contributed by atoms with Crippen molar-refractivity contribution in [2.45, 2.75) is 57.5 Å². The maximum atomic E-state index is 11.8. The molecule has 96 valence electrons. The Balaban J connectivity index is 1.81. The number of hydrogen-bond acceptors (Lipinski definition) is 3. The van der Waals surface area contributed by atoms with E-state index >= 15 is 0 Å². The minimum atomic E-state index is -0.758. The van der Waals surface area contributed by atoms with Crippen LogP contribution in [0.2, 0.25) is 0 Å². The molecule has 4 heteroatoms. The number of ether oxygens (including phenoxy) is 1. The Labute approximate surface area is 101 Å². The maximum absolute atomic E-state index is 11.8. The number of carbonyl (C=O) groups is 2. The Morgan fingerprint density at radius 2 is 1.59 bits per heavy atom. The first kappa shape index (κ1) is 12.4. The third-order valence-electron chi connectivity index (χ3n) is 3.95. The van der Waals surface area contributed by atoms with Crippen LogP contribution in [0.25, 0.3) is 0 Å². The lowest BCUT2D eigenvalue weighted by molar-refractivity contribution is -0.159. The van der Waals surface area contributed by atoms with Gasteiger partial charge in [-0.05, 0) is 38.5 Å². The van der Waals surface area contributed by atoms with E-state index in [2.05, 4.69) is 0 Å². The number of esters is 1. The topological polar surface area (TPSA) is 63.6 Å². The Morgan fingerprint density at radius 1 is 0.941 bits per heavy atom. The number of carboxylic acid groups (broad SMARTS) is 1. The van der Waals surface area contributed by atoms with E-state index in [0.29, 0.717) is 12.8 Å². The van der Waals surface area contributed by atoms with Gasteiger partial charge in [0.15, 0.2) is 0 Å². The molecule has 0 bridgehead atoms. The molecule has 2 aliphatic carbocycles. The molecular formula is C13H20O4. The summed E-state index contributed by atoms with van der Waals surface area (Å²) in [6.07, 6.45) is 6.81. The normalized spacial score (nSPS) is 30.1. The van der Waals surface area contributed by atoms with Crippen molar-refractivity contribution in [3.63, 3.8) is 0 Å². The predicted molar refractivity (Wildman–Crippen MR) is 61.4 cm³/mol. The molecule has 2 saturated carbocycles. The third kappa shape index (κ3) is 3.20. The summed E-state index contributed by atoms with van der Waals surface area (Å²) in [5.74, 6) is -1.12. The minimum Gasteiger partial charge on any atom is -0.481 e. The summed E-state index contributed by atoms with van der Waals surface area (Å²) in [6.45, 7) is 0. The smallest absolute Gasteiger partial charge is 0.309 e. The van der Waals surface area contributed by atoms with Crippen molar-refractivity contribution >= 4 is 11.9 Å². The Kier molecular flexibility index (Phi) is 4.02. The fourth-order valence-electron chi connectivity index (χ4n) is 2.90. The number of aliphatic carboxylic acids is 1. The van der Waals surface area contributed by atoms with Crippen molar-refractivity contribution in [1.82, 2.24) is 0 Å². The maximum Gasteiger partial charge on any atom is 0.309 e. The number of hydrogen-bond donors (Lipinski definition) is 1. The molecule has 0 aromatic rings. The molecule has 0 aliphatic heterocycles. The van der Waals surface area contributed by atoms with E-state index < -0.39 is 5.97 Å². The van der Waals surface area contributed by atoms with Crippen LogP contribution >= 0.6 is 0 Å². The van der Waals surface area contributed by atoms with Gasteiger partial charge in [-0.2, -0.15) is 0 Å². The van der Waals surface area contributed by atoms with E-state index in [1.54, 1.807) is 0 Å². The highest BCUT2D eigenvalue weighted by Gasteiger charge is 2.31. The highest BCUT2D eigenvalue weighted by Crippen LogP contribution is 2.30. The van der Waals surface area contributed by atoms with Crippen molar-refractivity contribution in [3.8, 4) is 0 Å². The van der Waals surface area contributed by atoms with Crippen molar-refractivity contribution < 1.29 is 19.4 Å². The summed E-state index contributed by atoms with van der Waals surface area (Å²) in [6, 6.07) is 0. The van der Waals surface area contributed by atoms with Crippen molar-refractivity contribution in [2.24, 2.45) is 11.8 Å². The summed E-state index contributed by atoms with van der Waals surface area (Å²) in [5, 5.41) is 8.96. The van der Waals surface area contributed by atoms with Crippen molar-refractivity contribution in [2.75, 3.05) is 0 Å². The van der Waals surface area contributed by atoms with Gasteiger partial charge in [0.05, 0.1) is 11.8 Å². The van der Waals surface area contributed by atoms with Crippen LogP contribution in [0.4, 0.5) is 0 Å². The Morgan fingerprint density at radius 3 is 2.24 bits per heavy atom. The molecule has 1 N–H and O–H groups in total. The molecule has 0 heterocycles. The molecule has 2 atom stereocenters. The van der Waals surface area contributed by atoms with Crippen LogP contribution in [-0.2, 0) is 14.3 Å². The van der Waals surface area contributed by atoms with E-state index in [9.17, 15) is 9.59 Å². The lowest BCUT2D eigenvalue weighted by atomic mass is 9.87. The van der Waals surface area contributed by atoms with Crippen LogP contribution in [0.5, 0.6) is 0 Å². The zero-order chi connectivity index (χ0) is 12.3. The van der Waals surface area contributed by atoms with Gasteiger partial charge < -0.3 is 9.84 Å². The molecule has 17 heavy (non-hydrogen) atoms. The van der Waals surface area contributed by atoms with Gasteiger partial charge in [0.2, 0.25) is 0 Å². The number of rotatable bonds is 3. The van der Waals surface area contributed by atoms with E-state index in [1.165, 1.54) is 0 Å². The average Bonchev–Trinajstić information content (AvgIpc) is 2.82. The summed E-state index contributed by atoms with van der Waals surface area (Å²) < 4.78 is 5.45. The van der Waals surface area contributed by atoms with Crippen LogP contribution in [-0.4, -0.2) is 23.1 Å². The van der Waals surface area contributed by atoms with Crippen molar-refractivity contribution in [3.05, 3.63) is 0 Å². The number of carbonyl (C=O) groups excluding carboxylic acids is 1.